The van der Waals surface area contributed by atoms with Crippen molar-refractivity contribution in [2.45, 2.75) is 62.4 Å². The monoisotopic (exact) mass is 316 g/mol. The van der Waals surface area contributed by atoms with E-state index in [1.54, 1.807) is 17.4 Å². The first-order valence-corrected chi connectivity index (χ1v) is 9.47. The van der Waals surface area contributed by atoms with Gasteiger partial charge in [-0.1, -0.05) is 26.7 Å². The molecule has 0 bridgehead atoms. The van der Waals surface area contributed by atoms with Crippen molar-refractivity contribution < 1.29 is 8.42 Å². The second-order valence-electron chi connectivity index (χ2n) is 5.72. The predicted octanol–water partition coefficient (Wildman–Crippen LogP) is 2.81. The first kappa shape index (κ1) is 15.9. The molecule has 1 N–H and O–H groups in total. The zero-order chi connectivity index (χ0) is 14.8. The van der Waals surface area contributed by atoms with E-state index in [2.05, 4.69) is 19.2 Å². The SMILES string of the molecule is CC(C)NCc1ccc(S(=O)(=O)N(C)C2CCCC2)s1. The lowest BCUT2D eigenvalue weighted by Crippen LogP contribution is -2.34. The molecule has 1 fully saturated rings. The summed E-state index contributed by atoms with van der Waals surface area (Å²) in [6, 6.07) is 4.23. The summed E-state index contributed by atoms with van der Waals surface area (Å²) in [4.78, 5) is 1.07. The van der Waals surface area contributed by atoms with Gasteiger partial charge in [0.25, 0.3) is 10.0 Å². The predicted molar refractivity (Wildman–Crippen MR) is 83.5 cm³/mol. The maximum Gasteiger partial charge on any atom is 0.252 e. The highest BCUT2D eigenvalue weighted by molar-refractivity contribution is 7.91. The van der Waals surface area contributed by atoms with Crippen LogP contribution in [0.4, 0.5) is 0 Å². The molecule has 0 unspecified atom stereocenters. The Morgan fingerprint density at radius 1 is 1.35 bits per heavy atom. The molecule has 1 saturated carbocycles. The van der Waals surface area contributed by atoms with E-state index in [1.807, 2.05) is 6.07 Å². The van der Waals surface area contributed by atoms with Gasteiger partial charge in [-0.15, -0.1) is 11.3 Å². The quantitative estimate of drug-likeness (QED) is 0.878. The van der Waals surface area contributed by atoms with E-state index in [4.69, 9.17) is 0 Å². The van der Waals surface area contributed by atoms with Crippen molar-refractivity contribution in [3.63, 3.8) is 0 Å². The van der Waals surface area contributed by atoms with Gasteiger partial charge in [-0.05, 0) is 25.0 Å². The standard InChI is InChI=1S/C14H24N2O2S2/c1-11(2)15-10-13-8-9-14(19-13)20(17,18)16(3)12-6-4-5-7-12/h8-9,11-12,15H,4-7,10H2,1-3H3. The molecule has 1 aromatic rings. The molecule has 0 spiro atoms. The lowest BCUT2D eigenvalue weighted by molar-refractivity contribution is 0.374. The third-order valence-electron chi connectivity index (χ3n) is 3.79. The van der Waals surface area contributed by atoms with Crippen LogP contribution >= 0.6 is 11.3 Å². The Bertz CT molecular complexity index is 531. The number of nitrogens with zero attached hydrogens (tertiary/aromatic N) is 1. The summed E-state index contributed by atoms with van der Waals surface area (Å²) in [5, 5.41) is 3.31. The molecule has 1 aliphatic carbocycles. The normalized spacial score (nSPS) is 17.4. The van der Waals surface area contributed by atoms with Crippen molar-refractivity contribution in [1.29, 1.82) is 0 Å². The van der Waals surface area contributed by atoms with E-state index in [9.17, 15) is 8.42 Å². The number of hydrogen-bond donors (Lipinski definition) is 1. The molecular weight excluding hydrogens is 292 g/mol. The van der Waals surface area contributed by atoms with Crippen LogP contribution in [0.3, 0.4) is 0 Å². The van der Waals surface area contributed by atoms with Crippen molar-refractivity contribution in [1.82, 2.24) is 9.62 Å². The maximum atomic E-state index is 12.6. The van der Waals surface area contributed by atoms with Gasteiger partial charge in [0.05, 0.1) is 0 Å². The zero-order valence-corrected chi connectivity index (χ0v) is 14.1. The fraction of sp³-hybridized carbons (Fsp3) is 0.714. The molecule has 6 heteroatoms. The maximum absolute atomic E-state index is 12.6. The van der Waals surface area contributed by atoms with Crippen LogP contribution in [0.5, 0.6) is 0 Å². The summed E-state index contributed by atoms with van der Waals surface area (Å²) in [6.45, 7) is 4.89. The van der Waals surface area contributed by atoms with Gasteiger partial charge in [0.15, 0.2) is 0 Å². The summed E-state index contributed by atoms with van der Waals surface area (Å²) in [7, 11) is -1.60. The molecular formula is C14H24N2O2S2. The Labute approximate surface area is 126 Å². The van der Waals surface area contributed by atoms with Crippen molar-refractivity contribution in [2.24, 2.45) is 0 Å². The highest BCUT2D eigenvalue weighted by Gasteiger charge is 2.30. The molecule has 0 atom stereocenters. The van der Waals surface area contributed by atoms with Gasteiger partial charge >= 0.3 is 0 Å². The smallest absolute Gasteiger partial charge is 0.252 e. The molecule has 0 amide bonds. The highest BCUT2D eigenvalue weighted by Crippen LogP contribution is 2.30. The lowest BCUT2D eigenvalue weighted by atomic mass is 10.3. The number of rotatable bonds is 6. The van der Waals surface area contributed by atoms with Crippen molar-refractivity contribution >= 4 is 21.4 Å². The zero-order valence-electron chi connectivity index (χ0n) is 12.4. The van der Waals surface area contributed by atoms with Gasteiger partial charge in [0.1, 0.15) is 4.21 Å². The average molecular weight is 316 g/mol. The van der Waals surface area contributed by atoms with Crippen LogP contribution < -0.4 is 5.32 Å². The molecule has 1 aliphatic rings. The minimum Gasteiger partial charge on any atom is -0.310 e. The minimum atomic E-state index is -3.32. The van der Waals surface area contributed by atoms with Crippen LogP contribution in [0, 0.1) is 0 Å². The van der Waals surface area contributed by atoms with Gasteiger partial charge in [0.2, 0.25) is 0 Å². The van der Waals surface area contributed by atoms with Gasteiger partial charge < -0.3 is 5.32 Å². The van der Waals surface area contributed by atoms with Crippen molar-refractivity contribution in [3.8, 4) is 0 Å². The van der Waals surface area contributed by atoms with E-state index in [-0.39, 0.29) is 6.04 Å². The molecule has 1 heterocycles. The largest absolute Gasteiger partial charge is 0.310 e. The van der Waals surface area contributed by atoms with E-state index in [0.717, 1.165) is 37.1 Å². The summed E-state index contributed by atoms with van der Waals surface area (Å²) in [5.74, 6) is 0. The van der Waals surface area contributed by atoms with Gasteiger partial charge in [-0.2, -0.15) is 4.31 Å². The van der Waals surface area contributed by atoms with Crippen LogP contribution in [-0.2, 0) is 16.6 Å². The fourth-order valence-electron chi connectivity index (χ4n) is 2.50. The molecule has 0 radical (unpaired) electrons. The number of thiophene rings is 1. The summed E-state index contributed by atoms with van der Waals surface area (Å²) in [5.41, 5.74) is 0. The number of sulfonamides is 1. The minimum absolute atomic E-state index is 0.180. The first-order chi connectivity index (χ1) is 9.41. The lowest BCUT2D eigenvalue weighted by Gasteiger charge is -2.22. The molecule has 20 heavy (non-hydrogen) atoms. The second kappa shape index (κ2) is 6.56. The molecule has 0 aromatic carbocycles. The number of nitrogens with one attached hydrogen (secondary N) is 1. The van der Waals surface area contributed by atoms with Gasteiger partial charge in [-0.3, -0.25) is 0 Å². The third kappa shape index (κ3) is 3.61. The summed E-state index contributed by atoms with van der Waals surface area (Å²) in [6.07, 6.45) is 4.25. The molecule has 0 saturated heterocycles. The topological polar surface area (TPSA) is 49.4 Å². The van der Waals surface area contributed by atoms with Crippen LogP contribution in [0.15, 0.2) is 16.3 Å². The Hall–Kier alpha value is -0.430. The van der Waals surface area contributed by atoms with Crippen LogP contribution in [-0.4, -0.2) is 31.9 Å². The molecule has 1 aromatic heterocycles. The Balaban J connectivity index is 2.09. The molecule has 4 nitrogen and oxygen atoms in total. The number of hydrogen-bond acceptors (Lipinski definition) is 4. The molecule has 0 aliphatic heterocycles. The van der Waals surface area contributed by atoms with Crippen molar-refractivity contribution in [2.75, 3.05) is 7.05 Å². The summed E-state index contributed by atoms with van der Waals surface area (Å²) < 4.78 is 27.2. The Morgan fingerprint density at radius 3 is 2.60 bits per heavy atom. The third-order valence-corrected chi connectivity index (χ3v) is 7.26. The van der Waals surface area contributed by atoms with E-state index in [1.165, 1.54) is 11.3 Å². The fourth-order valence-corrected chi connectivity index (χ4v) is 5.41. The first-order valence-electron chi connectivity index (χ1n) is 7.21. The highest BCUT2D eigenvalue weighted by atomic mass is 32.2. The van der Waals surface area contributed by atoms with Gasteiger partial charge in [0, 0.05) is 30.6 Å². The van der Waals surface area contributed by atoms with Crippen LogP contribution in [0.1, 0.15) is 44.4 Å². The summed E-state index contributed by atoms with van der Waals surface area (Å²) >= 11 is 1.38. The van der Waals surface area contributed by atoms with Gasteiger partial charge in [-0.25, -0.2) is 8.42 Å². The van der Waals surface area contributed by atoms with Crippen LogP contribution in [0.2, 0.25) is 0 Å². The Kier molecular flexibility index (Phi) is 5.23. The van der Waals surface area contributed by atoms with E-state index < -0.39 is 10.0 Å². The molecule has 114 valence electrons. The van der Waals surface area contributed by atoms with E-state index >= 15 is 0 Å². The Morgan fingerprint density at radius 2 is 2.00 bits per heavy atom. The molecule has 2 rings (SSSR count). The van der Waals surface area contributed by atoms with E-state index in [0.29, 0.717) is 10.3 Å². The van der Waals surface area contributed by atoms with Crippen LogP contribution in [0.25, 0.3) is 0 Å². The van der Waals surface area contributed by atoms with Crippen molar-refractivity contribution in [3.05, 3.63) is 17.0 Å². The average Bonchev–Trinajstić information content (AvgIpc) is 3.06. The second-order valence-corrected chi connectivity index (χ2v) is 9.11.